The van der Waals surface area contributed by atoms with Crippen molar-refractivity contribution in [3.05, 3.63) is 0 Å². The lowest BCUT2D eigenvalue weighted by Crippen LogP contribution is -2.36. The quantitative estimate of drug-likeness (QED) is 0.679. The molecule has 1 aliphatic heterocycles. The van der Waals surface area contributed by atoms with E-state index in [-0.39, 0.29) is 6.29 Å². The lowest BCUT2D eigenvalue weighted by Gasteiger charge is -2.31. The maximum absolute atomic E-state index is 5.55. The van der Waals surface area contributed by atoms with Gasteiger partial charge in [-0.05, 0) is 18.6 Å². The molecule has 1 fully saturated rings. The van der Waals surface area contributed by atoms with Crippen LogP contribution in [-0.4, -0.2) is 31.0 Å². The summed E-state index contributed by atoms with van der Waals surface area (Å²) in [4.78, 5) is 0. The molecule has 1 rings (SSSR count). The van der Waals surface area contributed by atoms with Gasteiger partial charge in [-0.25, -0.2) is 0 Å². The van der Waals surface area contributed by atoms with Crippen LogP contribution in [0.15, 0.2) is 0 Å². The van der Waals surface area contributed by atoms with Crippen LogP contribution in [0.25, 0.3) is 0 Å². The van der Waals surface area contributed by atoms with E-state index in [4.69, 9.17) is 9.47 Å². The normalized spacial score (nSPS) is 23.0. The van der Waals surface area contributed by atoms with Gasteiger partial charge in [-0.15, -0.1) is 0 Å². The molecule has 0 amide bonds. The van der Waals surface area contributed by atoms with Crippen LogP contribution in [0.3, 0.4) is 0 Å². The van der Waals surface area contributed by atoms with Crippen molar-refractivity contribution in [3.63, 3.8) is 0 Å². The van der Waals surface area contributed by atoms with Crippen molar-refractivity contribution in [3.8, 4) is 0 Å². The molecule has 12 heavy (non-hydrogen) atoms. The summed E-state index contributed by atoms with van der Waals surface area (Å²) in [6.07, 6.45) is 3.18. The molecule has 1 heterocycles. The van der Waals surface area contributed by atoms with Gasteiger partial charge in [0.2, 0.25) is 0 Å². The number of thioether (sulfide) groups is 1. The van der Waals surface area contributed by atoms with Gasteiger partial charge in [-0.2, -0.15) is 11.8 Å². The summed E-state index contributed by atoms with van der Waals surface area (Å²) >= 11 is 1.83. The Hall–Kier alpha value is 0.270. The van der Waals surface area contributed by atoms with Crippen LogP contribution in [-0.2, 0) is 9.47 Å². The highest BCUT2D eigenvalue weighted by Crippen LogP contribution is 2.25. The first-order chi connectivity index (χ1) is 5.75. The van der Waals surface area contributed by atoms with Crippen molar-refractivity contribution < 1.29 is 9.47 Å². The SMILES string of the molecule is CSC(C(C)C)C1OCCCO1. The first kappa shape index (κ1) is 10.4. The molecule has 0 bridgehead atoms. The molecule has 0 aromatic carbocycles. The molecule has 1 unspecified atom stereocenters. The van der Waals surface area contributed by atoms with Crippen molar-refractivity contribution >= 4 is 11.8 Å². The molecule has 1 saturated heterocycles. The summed E-state index contributed by atoms with van der Waals surface area (Å²) < 4.78 is 11.1. The minimum Gasteiger partial charge on any atom is -0.351 e. The van der Waals surface area contributed by atoms with E-state index >= 15 is 0 Å². The van der Waals surface area contributed by atoms with Gasteiger partial charge in [-0.1, -0.05) is 13.8 Å². The molecule has 0 spiro atoms. The van der Waals surface area contributed by atoms with Gasteiger partial charge < -0.3 is 9.47 Å². The number of hydrogen-bond donors (Lipinski definition) is 0. The Kier molecular flexibility index (Phi) is 4.40. The van der Waals surface area contributed by atoms with Crippen molar-refractivity contribution in [2.45, 2.75) is 31.8 Å². The van der Waals surface area contributed by atoms with E-state index in [2.05, 4.69) is 20.1 Å². The largest absolute Gasteiger partial charge is 0.351 e. The summed E-state index contributed by atoms with van der Waals surface area (Å²) in [5.74, 6) is 0.614. The fraction of sp³-hybridized carbons (Fsp3) is 1.00. The third-order valence-electron chi connectivity index (χ3n) is 2.05. The Bertz CT molecular complexity index is 122. The van der Waals surface area contributed by atoms with Crippen LogP contribution in [0.4, 0.5) is 0 Å². The molecule has 0 saturated carbocycles. The third kappa shape index (κ3) is 2.64. The molecular formula is C9H18O2S. The minimum absolute atomic E-state index is 0.0220. The highest BCUT2D eigenvalue weighted by atomic mass is 32.2. The predicted octanol–water partition coefficient (Wildman–Crippen LogP) is 2.14. The van der Waals surface area contributed by atoms with Crippen molar-refractivity contribution in [1.29, 1.82) is 0 Å². The van der Waals surface area contributed by atoms with Gasteiger partial charge in [0.1, 0.15) is 0 Å². The molecule has 3 heteroatoms. The van der Waals surface area contributed by atoms with E-state index < -0.39 is 0 Å². The third-order valence-corrected chi connectivity index (χ3v) is 3.36. The van der Waals surface area contributed by atoms with E-state index in [1.165, 1.54) is 0 Å². The van der Waals surface area contributed by atoms with E-state index in [1.807, 2.05) is 11.8 Å². The Labute approximate surface area is 79.0 Å². The van der Waals surface area contributed by atoms with Gasteiger partial charge in [0.25, 0.3) is 0 Å². The average molecular weight is 190 g/mol. The summed E-state index contributed by atoms with van der Waals surface area (Å²) in [5, 5.41) is 0.477. The van der Waals surface area contributed by atoms with Gasteiger partial charge in [0.05, 0.1) is 18.5 Å². The molecular weight excluding hydrogens is 172 g/mol. The highest BCUT2D eigenvalue weighted by Gasteiger charge is 2.26. The lowest BCUT2D eigenvalue weighted by atomic mass is 10.1. The molecule has 0 aromatic heterocycles. The maximum Gasteiger partial charge on any atom is 0.169 e. The van der Waals surface area contributed by atoms with Crippen molar-refractivity contribution in [2.24, 2.45) is 5.92 Å². The van der Waals surface area contributed by atoms with Crippen LogP contribution < -0.4 is 0 Å². The molecule has 0 N–H and O–H groups in total. The van der Waals surface area contributed by atoms with E-state index in [0.29, 0.717) is 11.2 Å². The fourth-order valence-corrected chi connectivity index (χ4v) is 2.32. The number of rotatable bonds is 3. The fourth-order valence-electron chi connectivity index (χ4n) is 1.39. The van der Waals surface area contributed by atoms with E-state index in [0.717, 1.165) is 19.6 Å². The standard InChI is InChI=1S/C9H18O2S/c1-7(2)8(12-3)9-10-5-4-6-11-9/h7-9H,4-6H2,1-3H3. The van der Waals surface area contributed by atoms with Gasteiger partial charge >= 0.3 is 0 Å². The van der Waals surface area contributed by atoms with Gasteiger partial charge in [0.15, 0.2) is 6.29 Å². The molecule has 72 valence electrons. The Morgan fingerprint density at radius 3 is 2.25 bits per heavy atom. The monoisotopic (exact) mass is 190 g/mol. The Morgan fingerprint density at radius 2 is 1.83 bits per heavy atom. The molecule has 2 nitrogen and oxygen atoms in total. The highest BCUT2D eigenvalue weighted by molar-refractivity contribution is 7.99. The number of hydrogen-bond acceptors (Lipinski definition) is 3. The number of ether oxygens (including phenoxy) is 2. The van der Waals surface area contributed by atoms with Crippen LogP contribution in [0.2, 0.25) is 0 Å². The van der Waals surface area contributed by atoms with E-state index in [9.17, 15) is 0 Å². The predicted molar refractivity (Wildman–Crippen MR) is 52.5 cm³/mol. The second kappa shape index (κ2) is 5.10. The smallest absolute Gasteiger partial charge is 0.169 e. The molecule has 0 radical (unpaired) electrons. The van der Waals surface area contributed by atoms with Crippen LogP contribution in [0, 0.1) is 5.92 Å². The summed E-state index contributed by atoms with van der Waals surface area (Å²) in [7, 11) is 0. The summed E-state index contributed by atoms with van der Waals surface area (Å²) in [6.45, 7) is 6.13. The second-order valence-electron chi connectivity index (χ2n) is 3.41. The average Bonchev–Trinajstić information content (AvgIpc) is 2.07. The Balaban J connectivity index is 2.40. The van der Waals surface area contributed by atoms with Crippen molar-refractivity contribution in [2.75, 3.05) is 19.5 Å². The minimum atomic E-state index is 0.0220. The van der Waals surface area contributed by atoms with Gasteiger partial charge in [-0.3, -0.25) is 0 Å². The first-order valence-electron chi connectivity index (χ1n) is 4.51. The van der Waals surface area contributed by atoms with E-state index in [1.54, 1.807) is 0 Å². The van der Waals surface area contributed by atoms with Crippen molar-refractivity contribution in [1.82, 2.24) is 0 Å². The van der Waals surface area contributed by atoms with Crippen LogP contribution in [0.5, 0.6) is 0 Å². The Morgan fingerprint density at radius 1 is 1.25 bits per heavy atom. The summed E-state index contributed by atoms with van der Waals surface area (Å²) in [6, 6.07) is 0. The topological polar surface area (TPSA) is 18.5 Å². The molecule has 1 atom stereocenters. The molecule has 0 aliphatic carbocycles. The van der Waals surface area contributed by atoms with Gasteiger partial charge in [0, 0.05) is 0 Å². The zero-order valence-electron chi connectivity index (χ0n) is 8.08. The zero-order valence-corrected chi connectivity index (χ0v) is 8.89. The molecule has 1 aliphatic rings. The first-order valence-corrected chi connectivity index (χ1v) is 5.80. The van der Waals surface area contributed by atoms with Crippen LogP contribution in [0.1, 0.15) is 20.3 Å². The zero-order chi connectivity index (χ0) is 8.97. The lowest BCUT2D eigenvalue weighted by molar-refractivity contribution is -0.181. The summed E-state index contributed by atoms with van der Waals surface area (Å²) in [5.41, 5.74) is 0. The second-order valence-corrected chi connectivity index (χ2v) is 4.42. The maximum atomic E-state index is 5.55. The van der Waals surface area contributed by atoms with Crippen LogP contribution >= 0.6 is 11.8 Å². The molecule has 0 aromatic rings.